The Morgan fingerprint density at radius 2 is 2.03 bits per heavy atom. The third-order valence-electron chi connectivity index (χ3n) is 4.65. The lowest BCUT2D eigenvalue weighted by Crippen LogP contribution is -2.33. The number of thiophene rings is 1. The van der Waals surface area contributed by atoms with Crippen molar-refractivity contribution >= 4 is 43.4 Å². The average Bonchev–Trinajstić information content (AvgIpc) is 3.11. The van der Waals surface area contributed by atoms with Crippen LogP contribution in [0.15, 0.2) is 53.7 Å². The van der Waals surface area contributed by atoms with Crippen LogP contribution in [0, 0.1) is 0 Å². The van der Waals surface area contributed by atoms with Gasteiger partial charge in [0.05, 0.1) is 24.1 Å². The van der Waals surface area contributed by atoms with Gasteiger partial charge >= 0.3 is 0 Å². The van der Waals surface area contributed by atoms with Crippen molar-refractivity contribution in [2.45, 2.75) is 26.3 Å². The highest BCUT2D eigenvalue weighted by molar-refractivity contribution is 7.25. The van der Waals surface area contributed by atoms with Gasteiger partial charge in [-0.1, -0.05) is 19.1 Å². The number of rotatable bonds is 6. The maximum Gasteiger partial charge on any atom is 0.272 e. The van der Waals surface area contributed by atoms with Crippen molar-refractivity contribution < 1.29 is 9.53 Å². The summed E-state index contributed by atoms with van der Waals surface area (Å²) in [5.74, 6) is 0.303. The number of hydrogen-bond acceptors (Lipinski definition) is 6. The lowest BCUT2D eigenvalue weighted by atomic mass is 10.2. The van der Waals surface area contributed by atoms with Crippen LogP contribution < -0.4 is 15.6 Å². The SMILES string of the molecule is CCOc1ccccc1NC(=O)[C@@H](CC)n1cnc2c(sc3ncccc32)c1=O. The van der Waals surface area contributed by atoms with E-state index in [1.54, 1.807) is 18.3 Å². The van der Waals surface area contributed by atoms with Crippen LogP contribution in [0.25, 0.3) is 20.4 Å². The molecule has 0 spiro atoms. The van der Waals surface area contributed by atoms with Gasteiger partial charge in [-0.3, -0.25) is 14.2 Å². The van der Waals surface area contributed by atoms with Gasteiger partial charge in [0.2, 0.25) is 5.91 Å². The van der Waals surface area contributed by atoms with Crippen molar-refractivity contribution in [1.29, 1.82) is 0 Å². The molecule has 1 N–H and O–H groups in total. The van der Waals surface area contributed by atoms with Gasteiger partial charge in [0.25, 0.3) is 5.56 Å². The van der Waals surface area contributed by atoms with Crippen LogP contribution in [0.5, 0.6) is 5.75 Å². The molecule has 3 heterocycles. The highest BCUT2D eigenvalue weighted by Gasteiger charge is 2.23. The number of amides is 1. The number of carbonyl (C=O) groups is 1. The van der Waals surface area contributed by atoms with Crippen molar-refractivity contribution in [1.82, 2.24) is 14.5 Å². The number of carbonyl (C=O) groups excluding carboxylic acids is 1. The lowest BCUT2D eigenvalue weighted by molar-refractivity contribution is -0.119. The fourth-order valence-corrected chi connectivity index (χ4v) is 4.31. The van der Waals surface area contributed by atoms with Crippen molar-refractivity contribution in [2.24, 2.45) is 0 Å². The Kier molecular flexibility index (Phi) is 5.26. The summed E-state index contributed by atoms with van der Waals surface area (Å²) >= 11 is 1.30. The molecule has 29 heavy (non-hydrogen) atoms. The minimum atomic E-state index is -0.688. The highest BCUT2D eigenvalue weighted by atomic mass is 32.1. The monoisotopic (exact) mass is 408 g/mol. The van der Waals surface area contributed by atoms with Crippen molar-refractivity contribution in [3.05, 3.63) is 59.3 Å². The van der Waals surface area contributed by atoms with Crippen LogP contribution in [0.3, 0.4) is 0 Å². The summed E-state index contributed by atoms with van der Waals surface area (Å²) in [6.07, 6.45) is 3.58. The first-order valence-corrected chi connectivity index (χ1v) is 10.2. The lowest BCUT2D eigenvalue weighted by Gasteiger charge is -2.18. The number of anilines is 1. The molecule has 148 valence electrons. The molecule has 0 fully saturated rings. The van der Waals surface area contributed by atoms with Crippen molar-refractivity contribution in [2.75, 3.05) is 11.9 Å². The topological polar surface area (TPSA) is 86.1 Å². The van der Waals surface area contributed by atoms with Crippen LogP contribution in [0.4, 0.5) is 5.69 Å². The number of nitrogens with one attached hydrogen (secondary N) is 1. The summed E-state index contributed by atoms with van der Waals surface area (Å²) in [6.45, 7) is 4.24. The molecule has 7 nitrogen and oxygen atoms in total. The smallest absolute Gasteiger partial charge is 0.272 e. The van der Waals surface area contributed by atoms with Crippen LogP contribution >= 0.6 is 11.3 Å². The van der Waals surface area contributed by atoms with E-state index in [1.807, 2.05) is 38.1 Å². The number of fused-ring (bicyclic) bond motifs is 3. The molecule has 8 heteroatoms. The van der Waals surface area contributed by atoms with E-state index in [0.717, 1.165) is 10.2 Å². The zero-order valence-electron chi connectivity index (χ0n) is 16.1. The molecular weight excluding hydrogens is 388 g/mol. The van der Waals surface area contributed by atoms with E-state index in [2.05, 4.69) is 15.3 Å². The summed E-state index contributed by atoms with van der Waals surface area (Å²) in [7, 11) is 0. The van der Waals surface area contributed by atoms with Crippen LogP contribution in [-0.4, -0.2) is 27.0 Å². The molecule has 1 amide bonds. The van der Waals surface area contributed by atoms with Crippen LogP contribution in [0.2, 0.25) is 0 Å². The zero-order valence-corrected chi connectivity index (χ0v) is 16.9. The molecule has 0 unspecified atom stereocenters. The number of benzene rings is 1. The standard InChI is InChI=1S/C21H20N4O3S/c1-3-15(19(26)24-14-9-5-6-10-16(14)28-4-2)25-12-23-17-13-8-7-11-22-20(13)29-18(17)21(25)27/h5-12,15H,3-4H2,1-2H3,(H,24,26)/t15-/m1/s1. The van der Waals surface area contributed by atoms with Crippen molar-refractivity contribution in [3.8, 4) is 5.75 Å². The summed E-state index contributed by atoms with van der Waals surface area (Å²) < 4.78 is 7.47. The number of pyridine rings is 1. The third kappa shape index (κ3) is 3.47. The van der Waals surface area contributed by atoms with Gasteiger partial charge in [-0.05, 0) is 37.6 Å². The van der Waals surface area contributed by atoms with Crippen LogP contribution in [0.1, 0.15) is 26.3 Å². The number of para-hydroxylation sites is 2. The molecule has 0 aliphatic rings. The Bertz CT molecular complexity index is 1250. The number of nitrogens with zero attached hydrogens (tertiary/aromatic N) is 3. The highest BCUT2D eigenvalue weighted by Crippen LogP contribution is 2.29. The summed E-state index contributed by atoms with van der Waals surface area (Å²) in [4.78, 5) is 35.7. The van der Waals surface area contributed by atoms with E-state index < -0.39 is 6.04 Å². The number of aromatic nitrogens is 3. The van der Waals surface area contributed by atoms with Gasteiger partial charge in [-0.15, -0.1) is 11.3 Å². The minimum Gasteiger partial charge on any atom is -0.492 e. The zero-order chi connectivity index (χ0) is 20.4. The third-order valence-corrected chi connectivity index (χ3v) is 5.74. The first-order chi connectivity index (χ1) is 14.1. The second kappa shape index (κ2) is 8.00. The Balaban J connectivity index is 1.71. The molecule has 0 aliphatic carbocycles. The van der Waals surface area contributed by atoms with E-state index in [1.165, 1.54) is 22.2 Å². The molecule has 4 rings (SSSR count). The molecule has 3 aromatic heterocycles. The predicted octanol–water partition coefficient (Wildman–Crippen LogP) is 3.99. The van der Waals surface area contributed by atoms with Gasteiger partial charge in [0.15, 0.2) is 0 Å². The van der Waals surface area contributed by atoms with E-state index in [4.69, 9.17) is 4.74 Å². The summed E-state index contributed by atoms with van der Waals surface area (Å²) in [6, 6.07) is 10.3. The predicted molar refractivity (Wildman–Crippen MR) is 115 cm³/mol. The Morgan fingerprint density at radius 1 is 1.21 bits per heavy atom. The van der Waals surface area contributed by atoms with Gasteiger partial charge in [-0.2, -0.15) is 0 Å². The summed E-state index contributed by atoms with van der Waals surface area (Å²) in [5.41, 5.74) is 0.959. The maximum atomic E-state index is 13.1. The fraction of sp³-hybridized carbons (Fsp3) is 0.238. The molecule has 0 saturated heterocycles. The van der Waals surface area contributed by atoms with Gasteiger partial charge in [0, 0.05) is 11.6 Å². The molecule has 4 aromatic rings. The van der Waals surface area contributed by atoms with E-state index in [9.17, 15) is 9.59 Å². The molecule has 0 saturated carbocycles. The second-order valence-corrected chi connectivity index (χ2v) is 7.43. The molecule has 0 aliphatic heterocycles. The fourth-order valence-electron chi connectivity index (χ4n) is 3.28. The molecule has 1 aromatic carbocycles. The van der Waals surface area contributed by atoms with E-state index in [0.29, 0.717) is 34.7 Å². The van der Waals surface area contributed by atoms with E-state index in [-0.39, 0.29) is 11.5 Å². The van der Waals surface area contributed by atoms with Crippen molar-refractivity contribution in [3.63, 3.8) is 0 Å². The Morgan fingerprint density at radius 3 is 2.83 bits per heavy atom. The second-order valence-electron chi connectivity index (χ2n) is 6.44. The van der Waals surface area contributed by atoms with Crippen LogP contribution in [-0.2, 0) is 4.79 Å². The number of ether oxygens (including phenoxy) is 1. The Labute approximate surface area is 171 Å². The Hall–Kier alpha value is -3.26. The normalized spacial score (nSPS) is 12.2. The maximum absolute atomic E-state index is 13.1. The minimum absolute atomic E-state index is 0.238. The molecule has 0 radical (unpaired) electrons. The van der Waals surface area contributed by atoms with Gasteiger partial charge in [-0.25, -0.2) is 9.97 Å². The van der Waals surface area contributed by atoms with Gasteiger partial charge in [0.1, 0.15) is 21.3 Å². The molecule has 1 atom stereocenters. The first kappa shape index (κ1) is 19.1. The quantitative estimate of drug-likeness (QED) is 0.521. The molecule has 0 bridgehead atoms. The molecular formula is C21H20N4O3S. The number of hydrogen-bond donors (Lipinski definition) is 1. The van der Waals surface area contributed by atoms with Gasteiger partial charge < -0.3 is 10.1 Å². The average molecular weight is 408 g/mol. The first-order valence-electron chi connectivity index (χ1n) is 9.41. The van der Waals surface area contributed by atoms with E-state index >= 15 is 0 Å². The summed E-state index contributed by atoms with van der Waals surface area (Å²) in [5, 5.41) is 3.73. The largest absolute Gasteiger partial charge is 0.492 e.